The zero-order valence-electron chi connectivity index (χ0n) is 7.43. The van der Waals surface area contributed by atoms with Gasteiger partial charge in [-0.3, -0.25) is 0 Å². The van der Waals surface area contributed by atoms with E-state index in [1.165, 1.54) is 16.4 Å². The summed E-state index contributed by atoms with van der Waals surface area (Å²) in [6.45, 7) is 0.962. The van der Waals surface area contributed by atoms with Crippen molar-refractivity contribution in [2.45, 2.75) is 11.8 Å². The second-order valence-corrected chi connectivity index (χ2v) is 3.40. The Hall–Kier alpha value is -0.790. The van der Waals surface area contributed by atoms with Crippen molar-refractivity contribution in [3.05, 3.63) is 5.82 Å². The molecule has 0 amide bonds. The van der Waals surface area contributed by atoms with Gasteiger partial charge in [-0.05, 0) is 0 Å². The predicted octanol–water partition coefficient (Wildman–Crippen LogP) is -0.811. The maximum Gasteiger partial charge on any atom is 0.209 e. The van der Waals surface area contributed by atoms with Crippen LogP contribution in [0, 0.1) is 0 Å². The molecule has 13 heavy (non-hydrogen) atoms. The molecule has 0 aliphatic rings. The van der Waals surface area contributed by atoms with Crippen LogP contribution in [0.3, 0.4) is 0 Å². The van der Waals surface area contributed by atoms with Crippen molar-refractivity contribution < 1.29 is 4.74 Å². The van der Waals surface area contributed by atoms with Crippen molar-refractivity contribution in [1.29, 1.82) is 0 Å². The fraction of sp³-hybridized carbons (Fsp3) is 0.667. The number of nitrogens with two attached hydrogens (primary N) is 2. The molecule has 0 atom stereocenters. The number of aromatic nitrogens is 3. The van der Waals surface area contributed by atoms with E-state index in [4.69, 9.17) is 16.3 Å². The highest BCUT2D eigenvalue weighted by Gasteiger charge is 2.08. The molecule has 0 bridgehead atoms. The van der Waals surface area contributed by atoms with Gasteiger partial charge in [0.1, 0.15) is 6.61 Å². The molecule has 0 radical (unpaired) electrons. The highest BCUT2D eigenvalue weighted by Crippen LogP contribution is 2.13. The van der Waals surface area contributed by atoms with E-state index in [9.17, 15) is 0 Å². The minimum absolute atomic E-state index is 0.368. The fourth-order valence-electron chi connectivity index (χ4n) is 0.783. The van der Waals surface area contributed by atoms with Gasteiger partial charge in [-0.25, -0.2) is 4.68 Å². The van der Waals surface area contributed by atoms with E-state index in [-0.39, 0.29) is 0 Å². The standard InChI is InChI=1S/C6H13N5OS/c1-12-4-5-9-10-6(11(5)8)13-3-2-7/h2-4,7-8H2,1H3. The molecule has 6 nitrogen and oxygen atoms in total. The van der Waals surface area contributed by atoms with Gasteiger partial charge in [0.25, 0.3) is 0 Å². The number of methoxy groups -OCH3 is 1. The van der Waals surface area contributed by atoms with E-state index in [2.05, 4.69) is 10.2 Å². The molecule has 1 aromatic heterocycles. The van der Waals surface area contributed by atoms with E-state index in [0.29, 0.717) is 24.1 Å². The maximum atomic E-state index is 5.68. The lowest BCUT2D eigenvalue weighted by molar-refractivity contribution is 0.175. The third-order valence-corrected chi connectivity index (χ3v) is 2.33. The summed E-state index contributed by atoms with van der Waals surface area (Å²) in [7, 11) is 1.58. The van der Waals surface area contributed by atoms with E-state index < -0.39 is 0 Å². The number of rotatable bonds is 5. The van der Waals surface area contributed by atoms with Crippen molar-refractivity contribution in [2.24, 2.45) is 5.73 Å². The van der Waals surface area contributed by atoms with Gasteiger partial charge in [0.2, 0.25) is 5.16 Å². The molecule has 0 aliphatic carbocycles. The van der Waals surface area contributed by atoms with E-state index >= 15 is 0 Å². The van der Waals surface area contributed by atoms with Crippen LogP contribution in [0.15, 0.2) is 5.16 Å². The second-order valence-electron chi connectivity index (χ2n) is 2.34. The third-order valence-electron chi connectivity index (χ3n) is 1.36. The van der Waals surface area contributed by atoms with Gasteiger partial charge in [0.15, 0.2) is 5.82 Å². The molecule has 1 aromatic rings. The smallest absolute Gasteiger partial charge is 0.209 e. The summed E-state index contributed by atoms with van der Waals surface area (Å²) in [4.78, 5) is 0. The number of hydrogen-bond donors (Lipinski definition) is 2. The molecule has 0 spiro atoms. The Morgan fingerprint density at radius 3 is 2.92 bits per heavy atom. The Morgan fingerprint density at radius 1 is 1.54 bits per heavy atom. The number of nitrogens with zero attached hydrogens (tertiary/aromatic N) is 3. The predicted molar refractivity (Wildman–Crippen MR) is 50.7 cm³/mol. The topological polar surface area (TPSA) is 92.0 Å². The Morgan fingerprint density at radius 2 is 2.31 bits per heavy atom. The zero-order chi connectivity index (χ0) is 9.68. The van der Waals surface area contributed by atoms with Gasteiger partial charge in [0, 0.05) is 19.4 Å². The van der Waals surface area contributed by atoms with Gasteiger partial charge in [-0.15, -0.1) is 10.2 Å². The third kappa shape index (κ3) is 2.58. The highest BCUT2D eigenvalue weighted by atomic mass is 32.2. The molecular weight excluding hydrogens is 190 g/mol. The van der Waals surface area contributed by atoms with Crippen LogP contribution < -0.4 is 11.6 Å². The van der Waals surface area contributed by atoms with Gasteiger partial charge >= 0.3 is 0 Å². The normalized spacial score (nSPS) is 10.6. The van der Waals surface area contributed by atoms with Crippen LogP contribution in [0.2, 0.25) is 0 Å². The highest BCUT2D eigenvalue weighted by molar-refractivity contribution is 7.99. The zero-order valence-corrected chi connectivity index (χ0v) is 8.25. The van der Waals surface area contributed by atoms with Crippen LogP contribution in [0.25, 0.3) is 0 Å². The molecule has 0 aliphatic heterocycles. The maximum absolute atomic E-state index is 5.68. The Labute approximate surface area is 80.6 Å². The monoisotopic (exact) mass is 203 g/mol. The minimum Gasteiger partial charge on any atom is -0.377 e. The van der Waals surface area contributed by atoms with E-state index in [0.717, 1.165) is 5.75 Å². The van der Waals surface area contributed by atoms with Gasteiger partial charge in [-0.2, -0.15) is 0 Å². The molecule has 0 aromatic carbocycles. The molecule has 0 saturated carbocycles. The first-order chi connectivity index (χ1) is 6.29. The molecule has 74 valence electrons. The average molecular weight is 203 g/mol. The summed E-state index contributed by atoms with van der Waals surface area (Å²) in [5.74, 6) is 7.07. The molecule has 0 fully saturated rings. The lowest BCUT2D eigenvalue weighted by Gasteiger charge is -2.01. The quantitative estimate of drug-likeness (QED) is 0.480. The average Bonchev–Trinajstić information content (AvgIpc) is 2.46. The van der Waals surface area contributed by atoms with Crippen LogP contribution in [-0.2, 0) is 11.3 Å². The summed E-state index contributed by atoms with van der Waals surface area (Å²) in [6.07, 6.45) is 0. The lowest BCUT2D eigenvalue weighted by Crippen LogP contribution is -2.15. The first-order valence-electron chi connectivity index (χ1n) is 3.80. The largest absolute Gasteiger partial charge is 0.377 e. The number of thioether (sulfide) groups is 1. The SMILES string of the molecule is COCc1nnc(SCCN)n1N. The van der Waals surface area contributed by atoms with E-state index in [1.807, 2.05) is 0 Å². The van der Waals surface area contributed by atoms with Crippen LogP contribution in [0.1, 0.15) is 5.82 Å². The minimum atomic E-state index is 0.368. The van der Waals surface area contributed by atoms with E-state index in [1.54, 1.807) is 7.11 Å². The van der Waals surface area contributed by atoms with Gasteiger partial charge in [0.05, 0.1) is 0 Å². The molecular formula is C6H13N5OS. The molecule has 0 unspecified atom stereocenters. The van der Waals surface area contributed by atoms with Crippen molar-refractivity contribution >= 4 is 11.8 Å². The second kappa shape index (κ2) is 5.05. The Balaban J connectivity index is 2.62. The first-order valence-corrected chi connectivity index (χ1v) is 4.79. The molecule has 1 heterocycles. The lowest BCUT2D eigenvalue weighted by atomic mass is 10.7. The molecule has 7 heteroatoms. The van der Waals surface area contributed by atoms with Crippen molar-refractivity contribution in [3.63, 3.8) is 0 Å². The summed E-state index contributed by atoms with van der Waals surface area (Å²) in [5.41, 5.74) is 5.35. The summed E-state index contributed by atoms with van der Waals surface area (Å²) >= 11 is 1.48. The molecule has 4 N–H and O–H groups in total. The van der Waals surface area contributed by atoms with Crippen molar-refractivity contribution in [2.75, 3.05) is 25.3 Å². The summed E-state index contributed by atoms with van der Waals surface area (Å²) in [5, 5.41) is 8.41. The number of nitrogen functional groups attached to an aromatic ring is 1. The fourth-order valence-corrected chi connectivity index (χ4v) is 1.43. The summed E-state index contributed by atoms with van der Waals surface area (Å²) in [6, 6.07) is 0. The van der Waals surface area contributed by atoms with Gasteiger partial charge < -0.3 is 16.3 Å². The van der Waals surface area contributed by atoms with Crippen molar-refractivity contribution in [1.82, 2.24) is 14.9 Å². The Bertz CT molecular complexity index is 264. The van der Waals surface area contributed by atoms with Crippen LogP contribution in [-0.4, -0.2) is 34.3 Å². The Kier molecular flexibility index (Phi) is 4.00. The number of ether oxygens (including phenoxy) is 1. The van der Waals surface area contributed by atoms with Crippen LogP contribution >= 0.6 is 11.8 Å². The number of hydrogen-bond acceptors (Lipinski definition) is 6. The molecule has 1 rings (SSSR count). The van der Waals surface area contributed by atoms with Gasteiger partial charge in [-0.1, -0.05) is 11.8 Å². The van der Waals surface area contributed by atoms with Crippen molar-refractivity contribution in [3.8, 4) is 0 Å². The summed E-state index contributed by atoms with van der Waals surface area (Å²) < 4.78 is 6.31. The molecule has 0 saturated heterocycles. The first kappa shape index (κ1) is 10.3. The van der Waals surface area contributed by atoms with Crippen LogP contribution in [0.4, 0.5) is 0 Å². The van der Waals surface area contributed by atoms with Crippen LogP contribution in [0.5, 0.6) is 0 Å².